The number of carbonyl (C=O) groups excluding carboxylic acids is 1. The molecule has 3 aromatic rings. The predicted octanol–water partition coefficient (Wildman–Crippen LogP) is 4.09. The molecule has 1 aliphatic rings. The van der Waals surface area contributed by atoms with E-state index in [9.17, 15) is 9.18 Å². The van der Waals surface area contributed by atoms with Gasteiger partial charge in [-0.25, -0.2) is 4.39 Å². The number of benzene rings is 1. The minimum Gasteiger partial charge on any atom is -0.456 e. The lowest BCUT2D eigenvalue weighted by atomic mass is 9.74. The summed E-state index contributed by atoms with van der Waals surface area (Å²) in [5.74, 6) is 1.05. The first-order valence-electron chi connectivity index (χ1n) is 10.1. The van der Waals surface area contributed by atoms with Crippen molar-refractivity contribution in [2.45, 2.75) is 38.5 Å². The maximum absolute atomic E-state index is 14.5. The van der Waals surface area contributed by atoms with Crippen molar-refractivity contribution in [1.82, 2.24) is 10.5 Å². The Morgan fingerprint density at radius 1 is 1.17 bits per heavy atom. The van der Waals surface area contributed by atoms with Crippen LogP contribution in [0.15, 0.2) is 45.3 Å². The fraction of sp³-hybridized carbons (Fsp3) is 0.391. The third-order valence-corrected chi connectivity index (χ3v) is 5.90. The highest BCUT2D eigenvalue weighted by Crippen LogP contribution is 2.35. The van der Waals surface area contributed by atoms with E-state index < -0.39 is 5.41 Å². The molecular weight excluding hydrogens is 387 g/mol. The summed E-state index contributed by atoms with van der Waals surface area (Å²) < 4.78 is 30.9. The minimum atomic E-state index is -0.495. The monoisotopic (exact) mass is 412 g/mol. The van der Waals surface area contributed by atoms with Gasteiger partial charge in [-0.05, 0) is 50.5 Å². The third kappa shape index (κ3) is 4.03. The molecule has 0 bridgehead atoms. The number of amides is 1. The molecule has 0 spiro atoms. The second-order valence-electron chi connectivity index (χ2n) is 7.80. The van der Waals surface area contributed by atoms with Crippen molar-refractivity contribution in [1.29, 1.82) is 0 Å². The first-order valence-corrected chi connectivity index (χ1v) is 10.1. The Morgan fingerprint density at radius 3 is 2.63 bits per heavy atom. The van der Waals surface area contributed by atoms with Gasteiger partial charge in [0.05, 0.1) is 5.69 Å². The third-order valence-electron chi connectivity index (χ3n) is 5.90. The Bertz CT molecular complexity index is 1010. The van der Waals surface area contributed by atoms with E-state index in [1.807, 2.05) is 19.9 Å². The van der Waals surface area contributed by atoms with Crippen LogP contribution in [0.1, 0.15) is 51.7 Å². The van der Waals surface area contributed by atoms with E-state index in [1.165, 1.54) is 6.07 Å². The largest absolute Gasteiger partial charge is 0.456 e. The number of furan rings is 1. The molecule has 1 aromatic carbocycles. The van der Waals surface area contributed by atoms with Crippen LogP contribution in [0, 0.1) is 19.7 Å². The number of aryl methyl sites for hydroxylation is 2. The van der Waals surface area contributed by atoms with E-state index in [2.05, 4.69) is 10.5 Å². The van der Waals surface area contributed by atoms with E-state index >= 15 is 0 Å². The molecule has 4 rings (SSSR count). The van der Waals surface area contributed by atoms with Crippen molar-refractivity contribution in [3.05, 3.63) is 76.3 Å². The molecule has 1 fully saturated rings. The summed E-state index contributed by atoms with van der Waals surface area (Å²) >= 11 is 0. The second-order valence-corrected chi connectivity index (χ2v) is 7.80. The molecule has 158 valence electrons. The van der Waals surface area contributed by atoms with E-state index in [1.54, 1.807) is 24.3 Å². The molecule has 7 heteroatoms. The van der Waals surface area contributed by atoms with Gasteiger partial charge in [-0.1, -0.05) is 23.4 Å². The van der Waals surface area contributed by atoms with Gasteiger partial charge in [-0.3, -0.25) is 4.79 Å². The van der Waals surface area contributed by atoms with E-state index in [0.29, 0.717) is 50.3 Å². The van der Waals surface area contributed by atoms with E-state index in [4.69, 9.17) is 13.7 Å². The summed E-state index contributed by atoms with van der Waals surface area (Å²) in [6.07, 6.45) is 1.79. The van der Waals surface area contributed by atoms with Crippen LogP contribution in [0.3, 0.4) is 0 Å². The second kappa shape index (κ2) is 8.44. The SMILES string of the molecule is Cc1noc(C)c1Cc1ccc(C(=O)NCC2(c3ccccc3F)CCOCC2)o1. The molecule has 1 amide bonds. The predicted molar refractivity (Wildman–Crippen MR) is 108 cm³/mol. The summed E-state index contributed by atoms with van der Waals surface area (Å²) in [4.78, 5) is 12.7. The number of hydrogen-bond acceptors (Lipinski definition) is 5. The van der Waals surface area contributed by atoms with E-state index in [0.717, 1.165) is 17.0 Å². The maximum Gasteiger partial charge on any atom is 0.287 e. The summed E-state index contributed by atoms with van der Waals surface area (Å²) in [6, 6.07) is 10.2. The molecule has 1 N–H and O–H groups in total. The van der Waals surface area contributed by atoms with Crippen molar-refractivity contribution in [3.63, 3.8) is 0 Å². The number of ether oxygens (including phenoxy) is 1. The molecule has 0 saturated carbocycles. The number of nitrogens with one attached hydrogen (secondary N) is 1. The number of halogens is 1. The highest BCUT2D eigenvalue weighted by Gasteiger charge is 2.37. The van der Waals surface area contributed by atoms with Gasteiger partial charge in [-0.15, -0.1) is 0 Å². The van der Waals surface area contributed by atoms with Crippen LogP contribution < -0.4 is 5.32 Å². The number of carbonyl (C=O) groups is 1. The molecule has 2 aromatic heterocycles. The van der Waals surface area contributed by atoms with Crippen LogP contribution in [0.4, 0.5) is 4.39 Å². The van der Waals surface area contributed by atoms with Crippen molar-refractivity contribution >= 4 is 5.91 Å². The van der Waals surface area contributed by atoms with Crippen LogP contribution in [-0.4, -0.2) is 30.8 Å². The summed E-state index contributed by atoms with van der Waals surface area (Å²) in [7, 11) is 0. The fourth-order valence-corrected chi connectivity index (χ4v) is 4.05. The van der Waals surface area contributed by atoms with Gasteiger partial charge in [0.2, 0.25) is 0 Å². The molecule has 1 aliphatic heterocycles. The highest BCUT2D eigenvalue weighted by atomic mass is 19.1. The fourth-order valence-electron chi connectivity index (χ4n) is 4.05. The highest BCUT2D eigenvalue weighted by molar-refractivity contribution is 5.91. The lowest BCUT2D eigenvalue weighted by Gasteiger charge is -2.38. The summed E-state index contributed by atoms with van der Waals surface area (Å²) in [5.41, 5.74) is 1.89. The topological polar surface area (TPSA) is 77.5 Å². The molecule has 1 saturated heterocycles. The molecule has 6 nitrogen and oxygen atoms in total. The summed E-state index contributed by atoms with van der Waals surface area (Å²) in [6.45, 7) is 5.11. The lowest BCUT2D eigenvalue weighted by Crippen LogP contribution is -2.45. The number of nitrogens with zero attached hydrogens (tertiary/aromatic N) is 1. The molecule has 0 aliphatic carbocycles. The molecule has 0 atom stereocenters. The van der Waals surface area contributed by atoms with Gasteiger partial charge in [0.1, 0.15) is 17.3 Å². The van der Waals surface area contributed by atoms with Gasteiger partial charge < -0.3 is 19.0 Å². The van der Waals surface area contributed by atoms with Gasteiger partial charge in [0.15, 0.2) is 5.76 Å². The van der Waals surface area contributed by atoms with Crippen molar-refractivity contribution in [3.8, 4) is 0 Å². The Labute approximate surface area is 174 Å². The van der Waals surface area contributed by atoms with Crippen LogP contribution in [0.5, 0.6) is 0 Å². The lowest BCUT2D eigenvalue weighted by molar-refractivity contribution is 0.0472. The molecule has 0 radical (unpaired) electrons. The Kier molecular flexibility index (Phi) is 5.72. The number of hydrogen-bond donors (Lipinski definition) is 1. The average Bonchev–Trinajstić information content (AvgIpc) is 3.35. The van der Waals surface area contributed by atoms with Gasteiger partial charge >= 0.3 is 0 Å². The Hall–Kier alpha value is -2.93. The Morgan fingerprint density at radius 2 is 1.93 bits per heavy atom. The van der Waals surface area contributed by atoms with Crippen molar-refractivity contribution < 1.29 is 22.9 Å². The standard InChI is InChI=1S/C23H25FN2O4/c1-15-18(16(2)30-26-15)13-17-7-8-21(29-17)22(27)25-14-23(9-11-28-12-10-23)19-5-3-4-6-20(19)24/h3-8H,9-14H2,1-2H3,(H,25,27). The molecule has 3 heterocycles. The van der Waals surface area contributed by atoms with Gasteiger partial charge in [0.25, 0.3) is 5.91 Å². The zero-order valence-corrected chi connectivity index (χ0v) is 17.2. The first kappa shape index (κ1) is 20.3. The zero-order valence-electron chi connectivity index (χ0n) is 17.2. The molecular formula is C23H25FN2O4. The average molecular weight is 412 g/mol. The van der Waals surface area contributed by atoms with Crippen LogP contribution >= 0.6 is 0 Å². The molecule has 30 heavy (non-hydrogen) atoms. The molecule has 0 unspecified atom stereocenters. The smallest absolute Gasteiger partial charge is 0.287 e. The number of aromatic nitrogens is 1. The Balaban J connectivity index is 1.47. The van der Waals surface area contributed by atoms with Gasteiger partial charge in [0, 0.05) is 37.2 Å². The first-order chi connectivity index (χ1) is 14.5. The maximum atomic E-state index is 14.5. The van der Waals surface area contributed by atoms with E-state index in [-0.39, 0.29) is 17.5 Å². The number of rotatable bonds is 6. The van der Waals surface area contributed by atoms with Gasteiger partial charge in [-0.2, -0.15) is 0 Å². The normalized spacial score (nSPS) is 15.8. The van der Waals surface area contributed by atoms with Crippen LogP contribution in [0.25, 0.3) is 0 Å². The van der Waals surface area contributed by atoms with Crippen molar-refractivity contribution in [2.75, 3.05) is 19.8 Å². The van der Waals surface area contributed by atoms with Crippen molar-refractivity contribution in [2.24, 2.45) is 0 Å². The van der Waals surface area contributed by atoms with Crippen LogP contribution in [0.2, 0.25) is 0 Å². The zero-order chi connectivity index (χ0) is 21.1. The summed E-state index contributed by atoms with van der Waals surface area (Å²) in [5, 5.41) is 6.89. The quantitative estimate of drug-likeness (QED) is 0.660. The minimum absolute atomic E-state index is 0.229. The van der Waals surface area contributed by atoms with Crippen LogP contribution in [-0.2, 0) is 16.6 Å².